The van der Waals surface area contributed by atoms with Crippen LogP contribution in [0.25, 0.3) is 0 Å². The molecule has 1 heterocycles. The fraction of sp³-hybridized carbons (Fsp3) is 0.455. The molecule has 0 N–H and O–H groups in total. The average molecular weight is 358 g/mol. The summed E-state index contributed by atoms with van der Waals surface area (Å²) in [6.07, 6.45) is -4.98. The van der Waals surface area contributed by atoms with Crippen molar-refractivity contribution in [1.29, 1.82) is 0 Å². The van der Waals surface area contributed by atoms with Gasteiger partial charge in [0.2, 0.25) is 5.88 Å². The fourth-order valence-corrected chi connectivity index (χ4v) is 1.64. The molecule has 20 heavy (non-hydrogen) atoms. The van der Waals surface area contributed by atoms with Crippen LogP contribution in [0.1, 0.15) is 23.0 Å². The van der Waals surface area contributed by atoms with Crippen molar-refractivity contribution in [1.82, 2.24) is 4.98 Å². The molecule has 0 aliphatic rings. The summed E-state index contributed by atoms with van der Waals surface area (Å²) in [7, 11) is 1.22. The maximum Gasteiger partial charge on any atom is 0.574 e. The molecule has 0 fully saturated rings. The van der Waals surface area contributed by atoms with Gasteiger partial charge in [0.25, 0.3) is 0 Å². The third kappa shape index (κ3) is 4.26. The molecular weight excluding hydrogens is 347 g/mol. The van der Waals surface area contributed by atoms with Crippen molar-refractivity contribution in [3.63, 3.8) is 0 Å². The summed E-state index contributed by atoms with van der Waals surface area (Å²) < 4.78 is 50.5. The maximum absolute atomic E-state index is 12.4. The van der Waals surface area contributed by atoms with Gasteiger partial charge in [-0.25, -0.2) is 9.78 Å². The zero-order valence-corrected chi connectivity index (χ0v) is 12.2. The smallest absolute Gasteiger partial charge is 0.496 e. The zero-order chi connectivity index (χ0) is 15.3. The Hall–Kier alpha value is -1.51. The molecule has 5 nitrogen and oxygen atoms in total. The first-order valence-corrected chi connectivity index (χ1v) is 6.51. The van der Waals surface area contributed by atoms with Gasteiger partial charge in [-0.2, -0.15) is 0 Å². The van der Waals surface area contributed by atoms with Crippen LogP contribution in [0, 0.1) is 0 Å². The van der Waals surface area contributed by atoms with E-state index in [9.17, 15) is 18.0 Å². The Bertz CT molecular complexity index is 493. The van der Waals surface area contributed by atoms with Gasteiger partial charge in [0.1, 0.15) is 5.75 Å². The predicted octanol–water partition coefficient (Wildman–Crippen LogP) is 3.06. The van der Waals surface area contributed by atoms with Crippen molar-refractivity contribution >= 4 is 21.9 Å². The SMILES string of the molecule is CCOC(=O)c1c(OC)cc(CBr)nc1OC(F)(F)F. The van der Waals surface area contributed by atoms with Crippen molar-refractivity contribution in [2.24, 2.45) is 0 Å². The van der Waals surface area contributed by atoms with E-state index in [1.807, 2.05) is 0 Å². The number of ether oxygens (including phenoxy) is 3. The second kappa shape index (κ2) is 6.78. The molecule has 0 atom stereocenters. The molecule has 1 rings (SSSR count). The van der Waals surface area contributed by atoms with Crippen LogP contribution >= 0.6 is 15.9 Å². The highest BCUT2D eigenvalue weighted by Crippen LogP contribution is 2.32. The normalized spacial score (nSPS) is 11.1. The quantitative estimate of drug-likeness (QED) is 0.598. The van der Waals surface area contributed by atoms with Crippen LogP contribution in [-0.2, 0) is 10.1 Å². The van der Waals surface area contributed by atoms with E-state index < -0.39 is 23.8 Å². The molecule has 9 heteroatoms. The van der Waals surface area contributed by atoms with E-state index in [0.717, 1.165) is 0 Å². The maximum atomic E-state index is 12.4. The molecule has 1 aromatic rings. The van der Waals surface area contributed by atoms with Crippen LogP contribution in [0.3, 0.4) is 0 Å². The lowest BCUT2D eigenvalue weighted by molar-refractivity contribution is -0.276. The number of nitrogens with zero attached hydrogens (tertiary/aromatic N) is 1. The molecule has 0 aliphatic carbocycles. The van der Waals surface area contributed by atoms with E-state index in [1.165, 1.54) is 20.1 Å². The second-order valence-corrected chi connectivity index (χ2v) is 3.96. The minimum atomic E-state index is -4.98. The Kier molecular flexibility index (Phi) is 5.61. The molecule has 0 saturated carbocycles. The molecule has 0 aromatic carbocycles. The first kappa shape index (κ1) is 16.5. The minimum Gasteiger partial charge on any atom is -0.496 e. The van der Waals surface area contributed by atoms with Crippen molar-refractivity contribution < 1.29 is 32.2 Å². The summed E-state index contributed by atoms with van der Waals surface area (Å²) in [5.41, 5.74) is -0.287. The highest BCUT2D eigenvalue weighted by molar-refractivity contribution is 9.08. The number of halogens is 4. The molecular formula is C11H11BrF3NO4. The van der Waals surface area contributed by atoms with Gasteiger partial charge in [-0.15, -0.1) is 13.2 Å². The van der Waals surface area contributed by atoms with Gasteiger partial charge in [-0.1, -0.05) is 15.9 Å². The lowest BCUT2D eigenvalue weighted by atomic mass is 10.2. The lowest BCUT2D eigenvalue weighted by Gasteiger charge is -2.15. The zero-order valence-electron chi connectivity index (χ0n) is 10.6. The fourth-order valence-electron chi connectivity index (χ4n) is 1.35. The monoisotopic (exact) mass is 357 g/mol. The lowest BCUT2D eigenvalue weighted by Crippen LogP contribution is -2.21. The predicted molar refractivity (Wildman–Crippen MR) is 66.1 cm³/mol. The third-order valence-electron chi connectivity index (χ3n) is 2.05. The standard InChI is InChI=1S/C11H11BrF3NO4/c1-3-19-10(17)8-7(18-2)4-6(5-12)16-9(8)20-11(13,14)15/h4H,3,5H2,1-2H3. The van der Waals surface area contributed by atoms with E-state index in [2.05, 4.69) is 30.4 Å². The van der Waals surface area contributed by atoms with Gasteiger partial charge in [0, 0.05) is 11.4 Å². The van der Waals surface area contributed by atoms with Gasteiger partial charge in [-0.3, -0.25) is 0 Å². The van der Waals surface area contributed by atoms with Crippen molar-refractivity contribution in [3.8, 4) is 11.6 Å². The van der Waals surface area contributed by atoms with E-state index in [4.69, 9.17) is 4.74 Å². The summed E-state index contributed by atoms with van der Waals surface area (Å²) in [5.74, 6) is -2.01. The number of carbonyl (C=O) groups is 1. The molecule has 0 unspecified atom stereocenters. The van der Waals surface area contributed by atoms with E-state index >= 15 is 0 Å². The number of pyridine rings is 1. The highest BCUT2D eigenvalue weighted by Gasteiger charge is 2.35. The number of carbonyl (C=O) groups excluding carboxylic acids is 1. The third-order valence-corrected chi connectivity index (χ3v) is 2.63. The van der Waals surface area contributed by atoms with Gasteiger partial charge in [0.15, 0.2) is 5.56 Å². The van der Waals surface area contributed by atoms with Crippen LogP contribution in [0.4, 0.5) is 13.2 Å². The Morgan fingerprint density at radius 1 is 1.45 bits per heavy atom. The minimum absolute atomic E-state index is 0.00631. The van der Waals surface area contributed by atoms with Gasteiger partial charge >= 0.3 is 12.3 Å². The number of hydrogen-bond donors (Lipinski definition) is 0. The number of methoxy groups -OCH3 is 1. The average Bonchev–Trinajstić information content (AvgIpc) is 2.35. The van der Waals surface area contributed by atoms with Crippen LogP contribution in [-0.4, -0.2) is 31.0 Å². The molecule has 0 spiro atoms. The summed E-state index contributed by atoms with van der Waals surface area (Å²) in [4.78, 5) is 15.3. The summed E-state index contributed by atoms with van der Waals surface area (Å²) >= 11 is 3.06. The Morgan fingerprint density at radius 2 is 2.10 bits per heavy atom. The molecule has 0 radical (unpaired) electrons. The number of aromatic nitrogens is 1. The molecule has 0 aliphatic heterocycles. The van der Waals surface area contributed by atoms with Crippen molar-refractivity contribution in [2.45, 2.75) is 18.6 Å². The van der Waals surface area contributed by atoms with Gasteiger partial charge < -0.3 is 14.2 Å². The van der Waals surface area contributed by atoms with Crippen LogP contribution in [0.2, 0.25) is 0 Å². The first-order chi connectivity index (χ1) is 9.32. The van der Waals surface area contributed by atoms with E-state index in [0.29, 0.717) is 0 Å². The topological polar surface area (TPSA) is 57.7 Å². The van der Waals surface area contributed by atoms with Crippen LogP contribution in [0.15, 0.2) is 6.07 Å². The Morgan fingerprint density at radius 3 is 2.55 bits per heavy atom. The molecule has 1 aromatic heterocycles. The molecule has 0 saturated heterocycles. The Labute approximate surface area is 121 Å². The van der Waals surface area contributed by atoms with Crippen LogP contribution in [0.5, 0.6) is 11.6 Å². The summed E-state index contributed by atoms with van der Waals surface area (Å²) in [6.45, 7) is 1.52. The van der Waals surface area contributed by atoms with E-state index in [-0.39, 0.29) is 23.4 Å². The molecule has 112 valence electrons. The van der Waals surface area contributed by atoms with E-state index in [1.54, 1.807) is 0 Å². The second-order valence-electron chi connectivity index (χ2n) is 3.40. The van der Waals surface area contributed by atoms with Crippen molar-refractivity contribution in [2.75, 3.05) is 13.7 Å². The number of rotatable bonds is 5. The van der Waals surface area contributed by atoms with Gasteiger partial charge in [-0.05, 0) is 6.92 Å². The first-order valence-electron chi connectivity index (χ1n) is 5.39. The van der Waals surface area contributed by atoms with Crippen molar-refractivity contribution in [3.05, 3.63) is 17.3 Å². The Balaban J connectivity index is 3.38. The number of hydrogen-bond acceptors (Lipinski definition) is 5. The van der Waals surface area contributed by atoms with Gasteiger partial charge in [0.05, 0.1) is 19.4 Å². The summed E-state index contributed by atoms with van der Waals surface area (Å²) in [6, 6.07) is 1.32. The highest BCUT2D eigenvalue weighted by atomic mass is 79.9. The summed E-state index contributed by atoms with van der Waals surface area (Å²) in [5, 5.41) is 0.167. The number of esters is 1. The largest absolute Gasteiger partial charge is 0.574 e. The number of alkyl halides is 4. The molecule has 0 amide bonds. The molecule has 0 bridgehead atoms. The van der Waals surface area contributed by atoms with Crippen LogP contribution < -0.4 is 9.47 Å².